The molecule has 0 saturated heterocycles. The Hall–Kier alpha value is -0.666. The number of nitrogens with one attached hydrogen (secondary N) is 1. The normalized spacial score (nSPS) is 11.4. The van der Waals surface area contributed by atoms with Gasteiger partial charge in [-0.1, -0.05) is 23.4 Å². The Morgan fingerprint density at radius 3 is 2.87 bits per heavy atom. The van der Waals surface area contributed by atoms with E-state index in [-0.39, 0.29) is 32.7 Å². The molecule has 2 rings (SSSR count). The minimum absolute atomic E-state index is 0. The van der Waals surface area contributed by atoms with Crippen LogP contribution in [0.1, 0.15) is 12.5 Å². The molecule has 1 aromatic carbocycles. The Labute approximate surface area is 113 Å². The number of rotatable bonds is 2. The molecule has 0 unspecified atom stereocenters. The molecule has 0 amide bonds. The van der Waals surface area contributed by atoms with E-state index in [1.54, 1.807) is 0 Å². The summed E-state index contributed by atoms with van der Waals surface area (Å²) in [7, 11) is 0. The number of benzene rings is 1. The Kier molecular flexibility index (Phi) is 4.49. The molecular weight excluding hydrogens is 265 g/mol. The average molecular weight is 277 g/mol. The van der Waals surface area contributed by atoms with Crippen LogP contribution in [0.4, 0.5) is 0 Å². The van der Waals surface area contributed by atoms with Crippen LogP contribution in [0, 0.1) is 0 Å². The van der Waals surface area contributed by atoms with Crippen molar-refractivity contribution < 1.29 is 37.9 Å². The van der Waals surface area contributed by atoms with Crippen LogP contribution in [0.3, 0.4) is 0 Å². The molecule has 0 bridgehead atoms. The van der Waals surface area contributed by atoms with E-state index in [2.05, 4.69) is 16.2 Å². The van der Waals surface area contributed by atoms with Gasteiger partial charge in [-0.2, -0.15) is 0 Å². The molecule has 2 N–H and O–H groups in total. The fourth-order valence-electron chi connectivity index (χ4n) is 1.59. The number of aromatic nitrogens is 1. The zero-order valence-corrected chi connectivity index (χ0v) is 11.4. The zero-order chi connectivity index (χ0) is 9.97. The van der Waals surface area contributed by atoms with Crippen LogP contribution < -0.4 is 0 Å². The third kappa shape index (κ3) is 2.67. The first-order valence-electron chi connectivity index (χ1n) is 4.54. The van der Waals surface area contributed by atoms with Gasteiger partial charge in [0.05, 0.1) is 5.71 Å². The minimum atomic E-state index is 0. The molecule has 4 heteroatoms. The van der Waals surface area contributed by atoms with Gasteiger partial charge in [-0.25, -0.2) is 0 Å². The number of hydrogen-bond acceptors (Lipinski definition) is 2. The van der Waals surface area contributed by atoms with Gasteiger partial charge in [-0.15, -0.1) is 0 Å². The Bertz CT molecular complexity index is 476. The third-order valence-corrected chi connectivity index (χ3v) is 2.29. The van der Waals surface area contributed by atoms with Crippen LogP contribution in [0.5, 0.6) is 0 Å². The molecule has 1 heterocycles. The van der Waals surface area contributed by atoms with Crippen molar-refractivity contribution in [2.24, 2.45) is 5.16 Å². The number of hydrogen-bond donors (Lipinski definition) is 2. The summed E-state index contributed by atoms with van der Waals surface area (Å²) in [5.41, 5.74) is 3.00. The van der Waals surface area contributed by atoms with Crippen LogP contribution in [0.15, 0.2) is 35.6 Å². The average Bonchev–Trinajstić information content (AvgIpc) is 2.62. The van der Waals surface area contributed by atoms with Crippen molar-refractivity contribution >= 4 is 16.6 Å². The van der Waals surface area contributed by atoms with Gasteiger partial charge in [0, 0.05) is 56.2 Å². The summed E-state index contributed by atoms with van der Waals surface area (Å²) < 4.78 is 0. The summed E-state index contributed by atoms with van der Waals surface area (Å²) in [6.45, 7) is 1.81. The summed E-state index contributed by atoms with van der Waals surface area (Å²) in [6, 6.07) is 8.09. The van der Waals surface area contributed by atoms with Gasteiger partial charge in [0.1, 0.15) is 0 Å². The van der Waals surface area contributed by atoms with Crippen molar-refractivity contribution in [3.8, 4) is 0 Å². The van der Waals surface area contributed by atoms with Crippen molar-refractivity contribution in [2.45, 2.75) is 13.3 Å². The number of oxime groups is 1. The van der Waals surface area contributed by atoms with Gasteiger partial charge < -0.3 is 10.2 Å². The Morgan fingerprint density at radius 2 is 2.13 bits per heavy atom. The van der Waals surface area contributed by atoms with E-state index in [0.29, 0.717) is 6.42 Å². The molecule has 0 aliphatic carbocycles. The van der Waals surface area contributed by atoms with Crippen molar-refractivity contribution in [3.63, 3.8) is 0 Å². The van der Waals surface area contributed by atoms with E-state index in [9.17, 15) is 0 Å². The van der Waals surface area contributed by atoms with E-state index in [1.807, 2.05) is 31.3 Å². The van der Waals surface area contributed by atoms with Crippen molar-refractivity contribution in [3.05, 3.63) is 36.0 Å². The minimum Gasteiger partial charge on any atom is -0.411 e. The summed E-state index contributed by atoms with van der Waals surface area (Å²) in [4.78, 5) is 3.18. The number of para-hydroxylation sites is 1. The van der Waals surface area contributed by atoms with Gasteiger partial charge in [0.25, 0.3) is 0 Å². The fourth-order valence-corrected chi connectivity index (χ4v) is 1.59. The van der Waals surface area contributed by atoms with E-state index in [1.165, 1.54) is 5.39 Å². The molecule has 75 valence electrons. The number of fused-ring (bicyclic) bond motifs is 1. The third-order valence-electron chi connectivity index (χ3n) is 2.29. The second kappa shape index (κ2) is 5.43. The van der Waals surface area contributed by atoms with Gasteiger partial charge in [-0.3, -0.25) is 0 Å². The monoisotopic (exact) mass is 277 g/mol. The molecule has 0 spiro atoms. The van der Waals surface area contributed by atoms with E-state index >= 15 is 0 Å². The number of H-pyrrole nitrogens is 1. The topological polar surface area (TPSA) is 48.4 Å². The molecule has 0 aliphatic heterocycles. The van der Waals surface area contributed by atoms with Crippen molar-refractivity contribution in [2.75, 3.05) is 0 Å². The van der Waals surface area contributed by atoms with Crippen LogP contribution in [0.2, 0.25) is 0 Å². The quantitative estimate of drug-likeness (QED) is 0.494. The zero-order valence-electron chi connectivity index (χ0n) is 8.57. The first-order valence-corrected chi connectivity index (χ1v) is 4.54. The van der Waals surface area contributed by atoms with Crippen LogP contribution in [-0.4, -0.2) is 15.9 Å². The Morgan fingerprint density at radius 1 is 1.40 bits per heavy atom. The molecule has 0 atom stereocenters. The molecule has 15 heavy (non-hydrogen) atoms. The van der Waals surface area contributed by atoms with E-state index < -0.39 is 0 Å². The van der Waals surface area contributed by atoms with Gasteiger partial charge in [0.15, 0.2) is 0 Å². The molecule has 2 aromatic rings. The number of aromatic amines is 1. The maximum atomic E-state index is 8.58. The van der Waals surface area contributed by atoms with E-state index in [4.69, 9.17) is 5.21 Å². The van der Waals surface area contributed by atoms with Crippen LogP contribution in [-0.2, 0) is 39.1 Å². The maximum absolute atomic E-state index is 8.58. The molecule has 3 nitrogen and oxygen atoms in total. The molecule has 0 saturated carbocycles. The second-order valence-electron chi connectivity index (χ2n) is 3.37. The first kappa shape index (κ1) is 12.4. The maximum Gasteiger partial charge on any atom is 0.0584 e. The Balaban J connectivity index is 0.00000112. The van der Waals surface area contributed by atoms with Gasteiger partial charge in [0.2, 0.25) is 0 Å². The fraction of sp³-hybridized carbons (Fsp3) is 0.182. The van der Waals surface area contributed by atoms with Crippen molar-refractivity contribution in [1.29, 1.82) is 0 Å². The first-order chi connectivity index (χ1) is 6.81. The standard InChI is InChI=1S/C11H12N2O.Y/c1-8(13-14)6-9-7-12-11-5-3-2-4-10(9)11;/h2-5,7,12,14H,6H2,1H3;/b13-8+;. The summed E-state index contributed by atoms with van der Waals surface area (Å²) in [5.74, 6) is 0. The summed E-state index contributed by atoms with van der Waals surface area (Å²) in [5, 5.41) is 12.9. The summed E-state index contributed by atoms with van der Waals surface area (Å²) >= 11 is 0. The van der Waals surface area contributed by atoms with Crippen LogP contribution >= 0.6 is 0 Å². The molecular formula is C11H12N2OY. The van der Waals surface area contributed by atoms with Gasteiger partial charge in [-0.05, 0) is 18.6 Å². The predicted molar refractivity (Wildman–Crippen MR) is 56.9 cm³/mol. The molecule has 1 aromatic heterocycles. The largest absolute Gasteiger partial charge is 0.411 e. The predicted octanol–water partition coefficient (Wildman–Crippen LogP) is 2.56. The number of nitrogens with zero attached hydrogens (tertiary/aromatic N) is 1. The van der Waals surface area contributed by atoms with E-state index in [0.717, 1.165) is 16.8 Å². The molecule has 1 radical (unpaired) electrons. The van der Waals surface area contributed by atoms with Crippen molar-refractivity contribution in [1.82, 2.24) is 4.98 Å². The smallest absolute Gasteiger partial charge is 0.0584 e. The van der Waals surface area contributed by atoms with Crippen LogP contribution in [0.25, 0.3) is 10.9 Å². The molecule has 0 fully saturated rings. The van der Waals surface area contributed by atoms with Gasteiger partial charge >= 0.3 is 0 Å². The second-order valence-corrected chi connectivity index (χ2v) is 3.37. The molecule has 0 aliphatic rings. The SMILES string of the molecule is C/C(Cc1c[nH]c2ccccc12)=N\O.[Y]. The summed E-state index contributed by atoms with van der Waals surface area (Å²) in [6.07, 6.45) is 2.64.